The molecular formula is C19H30N2O2S. The number of benzene rings is 1. The highest BCUT2D eigenvalue weighted by molar-refractivity contribution is 8.00. The fraction of sp³-hybridized carbons (Fsp3) is 0.632. The van der Waals surface area contributed by atoms with Crippen molar-refractivity contribution in [2.75, 3.05) is 32.5 Å². The molecule has 24 heavy (non-hydrogen) atoms. The van der Waals surface area contributed by atoms with Crippen LogP contribution in [0.4, 0.5) is 0 Å². The molecule has 0 radical (unpaired) electrons. The Labute approximate surface area is 150 Å². The summed E-state index contributed by atoms with van der Waals surface area (Å²) in [6.07, 6.45) is 6.30. The number of methoxy groups -OCH3 is 1. The van der Waals surface area contributed by atoms with Crippen molar-refractivity contribution in [3.8, 4) is 5.75 Å². The van der Waals surface area contributed by atoms with Crippen LogP contribution in [-0.4, -0.2) is 49.3 Å². The van der Waals surface area contributed by atoms with Crippen LogP contribution in [0.25, 0.3) is 0 Å². The van der Waals surface area contributed by atoms with E-state index < -0.39 is 0 Å². The van der Waals surface area contributed by atoms with Crippen molar-refractivity contribution in [2.24, 2.45) is 0 Å². The van der Waals surface area contributed by atoms with Gasteiger partial charge in [0.15, 0.2) is 0 Å². The number of amides is 1. The predicted octanol–water partition coefficient (Wildman–Crippen LogP) is 3.56. The van der Waals surface area contributed by atoms with Gasteiger partial charge >= 0.3 is 0 Å². The lowest BCUT2D eigenvalue weighted by Gasteiger charge is -2.35. The lowest BCUT2D eigenvalue weighted by Crippen LogP contribution is -2.40. The van der Waals surface area contributed by atoms with Crippen molar-refractivity contribution in [1.29, 1.82) is 0 Å². The fourth-order valence-electron chi connectivity index (χ4n) is 3.20. The second-order valence-corrected chi connectivity index (χ2v) is 7.31. The normalized spacial score (nSPS) is 18.3. The van der Waals surface area contributed by atoms with Crippen LogP contribution in [0.2, 0.25) is 0 Å². The van der Waals surface area contributed by atoms with E-state index in [1.807, 2.05) is 24.3 Å². The summed E-state index contributed by atoms with van der Waals surface area (Å²) in [4.78, 5) is 15.6. The van der Waals surface area contributed by atoms with Gasteiger partial charge in [-0.15, -0.1) is 11.8 Å². The van der Waals surface area contributed by atoms with Gasteiger partial charge in [-0.3, -0.25) is 4.79 Å². The number of hydrogen-bond donors (Lipinski definition) is 1. The molecule has 5 heteroatoms. The zero-order valence-electron chi connectivity index (χ0n) is 14.9. The molecule has 0 bridgehead atoms. The molecule has 1 aliphatic rings. The average Bonchev–Trinajstić information content (AvgIpc) is 2.64. The van der Waals surface area contributed by atoms with Crippen molar-refractivity contribution >= 4 is 17.7 Å². The zero-order valence-corrected chi connectivity index (χ0v) is 15.7. The van der Waals surface area contributed by atoms with Crippen LogP contribution in [-0.2, 0) is 4.79 Å². The van der Waals surface area contributed by atoms with Gasteiger partial charge in [-0.1, -0.05) is 13.3 Å². The van der Waals surface area contributed by atoms with Gasteiger partial charge in [-0.25, -0.2) is 0 Å². The zero-order chi connectivity index (χ0) is 17.2. The standard InChI is InChI=1S/C19H30N2O2S/c1-3-16-7-4-5-13-21(16)14-6-12-20-19(22)15-24-18-10-8-17(23-2)9-11-18/h8-11,16H,3-7,12-15H2,1-2H3,(H,20,22)/t16-/m1/s1. The number of carbonyl (C=O) groups excluding carboxylic acids is 1. The topological polar surface area (TPSA) is 41.6 Å². The molecule has 1 aromatic carbocycles. The summed E-state index contributed by atoms with van der Waals surface area (Å²) in [6.45, 7) is 5.38. The maximum atomic E-state index is 11.9. The number of rotatable bonds is 9. The third kappa shape index (κ3) is 6.36. The number of likely N-dealkylation sites (tertiary alicyclic amines) is 1. The van der Waals surface area contributed by atoms with E-state index in [9.17, 15) is 4.79 Å². The van der Waals surface area contributed by atoms with Gasteiger partial charge in [0.25, 0.3) is 0 Å². The Morgan fingerprint density at radius 1 is 1.33 bits per heavy atom. The van der Waals surface area contributed by atoms with E-state index in [0.717, 1.165) is 36.2 Å². The van der Waals surface area contributed by atoms with Crippen molar-refractivity contribution in [3.05, 3.63) is 24.3 Å². The van der Waals surface area contributed by atoms with Crippen LogP contribution in [0.15, 0.2) is 29.2 Å². The summed E-state index contributed by atoms with van der Waals surface area (Å²) in [5, 5.41) is 3.04. The van der Waals surface area contributed by atoms with E-state index in [2.05, 4.69) is 17.1 Å². The summed E-state index contributed by atoms with van der Waals surface area (Å²) < 4.78 is 5.13. The van der Waals surface area contributed by atoms with Gasteiger partial charge in [0.05, 0.1) is 12.9 Å². The minimum Gasteiger partial charge on any atom is -0.497 e. The van der Waals surface area contributed by atoms with Gasteiger partial charge in [0, 0.05) is 24.0 Å². The lowest BCUT2D eigenvalue weighted by molar-refractivity contribution is -0.118. The fourth-order valence-corrected chi connectivity index (χ4v) is 3.93. The highest BCUT2D eigenvalue weighted by Gasteiger charge is 2.19. The monoisotopic (exact) mass is 350 g/mol. The first-order valence-electron chi connectivity index (χ1n) is 9.00. The predicted molar refractivity (Wildman–Crippen MR) is 101 cm³/mol. The van der Waals surface area contributed by atoms with E-state index in [4.69, 9.17) is 4.74 Å². The molecule has 1 aromatic rings. The lowest BCUT2D eigenvalue weighted by atomic mass is 10.00. The first kappa shape index (κ1) is 19.1. The van der Waals surface area contributed by atoms with Crippen LogP contribution in [0.3, 0.4) is 0 Å². The Bertz CT molecular complexity index is 493. The molecule has 4 nitrogen and oxygen atoms in total. The third-order valence-corrected chi connectivity index (χ3v) is 5.61. The Morgan fingerprint density at radius 2 is 2.12 bits per heavy atom. The minimum atomic E-state index is 0.113. The largest absolute Gasteiger partial charge is 0.497 e. The van der Waals surface area contributed by atoms with Gasteiger partial charge in [-0.05, 0) is 56.5 Å². The molecular weight excluding hydrogens is 320 g/mol. The van der Waals surface area contributed by atoms with Crippen molar-refractivity contribution in [2.45, 2.75) is 50.0 Å². The SMILES string of the molecule is CC[C@@H]1CCCCN1CCCNC(=O)CSc1ccc(OC)cc1. The summed E-state index contributed by atoms with van der Waals surface area (Å²) in [7, 11) is 1.65. The van der Waals surface area contributed by atoms with Crippen molar-refractivity contribution < 1.29 is 9.53 Å². The second-order valence-electron chi connectivity index (χ2n) is 6.26. The molecule has 0 aliphatic carbocycles. The highest BCUT2D eigenvalue weighted by Crippen LogP contribution is 2.21. The Morgan fingerprint density at radius 3 is 2.83 bits per heavy atom. The highest BCUT2D eigenvalue weighted by atomic mass is 32.2. The number of carbonyl (C=O) groups is 1. The van der Waals surface area contributed by atoms with Gasteiger partial charge in [0.2, 0.25) is 5.91 Å². The van der Waals surface area contributed by atoms with Crippen LogP contribution in [0.1, 0.15) is 39.0 Å². The number of hydrogen-bond acceptors (Lipinski definition) is 4. The number of piperidine rings is 1. The summed E-state index contributed by atoms with van der Waals surface area (Å²) in [5.41, 5.74) is 0. The number of nitrogens with one attached hydrogen (secondary N) is 1. The molecule has 134 valence electrons. The minimum absolute atomic E-state index is 0.113. The van der Waals surface area contributed by atoms with E-state index in [1.165, 1.54) is 32.2 Å². The maximum absolute atomic E-state index is 11.9. The molecule has 1 amide bonds. The first-order chi connectivity index (χ1) is 11.7. The van der Waals surface area contributed by atoms with Crippen LogP contribution in [0, 0.1) is 0 Å². The van der Waals surface area contributed by atoms with Crippen molar-refractivity contribution in [1.82, 2.24) is 10.2 Å². The number of ether oxygens (including phenoxy) is 1. The summed E-state index contributed by atoms with van der Waals surface area (Å²) in [5.74, 6) is 1.42. The molecule has 0 unspecified atom stereocenters. The van der Waals surface area contributed by atoms with Gasteiger partial charge in [0.1, 0.15) is 5.75 Å². The molecule has 1 saturated heterocycles. The smallest absolute Gasteiger partial charge is 0.230 e. The molecule has 1 fully saturated rings. The number of thioether (sulfide) groups is 1. The van der Waals surface area contributed by atoms with E-state index in [1.54, 1.807) is 18.9 Å². The molecule has 0 aromatic heterocycles. The molecule has 2 rings (SSSR count). The van der Waals surface area contributed by atoms with Crippen LogP contribution in [0.5, 0.6) is 5.75 Å². The van der Waals surface area contributed by atoms with Crippen LogP contribution >= 0.6 is 11.8 Å². The van der Waals surface area contributed by atoms with Crippen molar-refractivity contribution in [3.63, 3.8) is 0 Å². The van der Waals surface area contributed by atoms with Gasteiger partial charge < -0.3 is 15.0 Å². The summed E-state index contributed by atoms with van der Waals surface area (Å²) >= 11 is 1.56. The first-order valence-corrected chi connectivity index (χ1v) is 9.99. The Kier molecular flexibility index (Phi) is 8.47. The molecule has 1 N–H and O–H groups in total. The van der Waals surface area contributed by atoms with E-state index in [-0.39, 0.29) is 5.91 Å². The molecule has 0 spiro atoms. The summed E-state index contributed by atoms with van der Waals surface area (Å²) in [6, 6.07) is 8.56. The number of nitrogens with zero attached hydrogens (tertiary/aromatic N) is 1. The quantitative estimate of drug-likeness (QED) is 0.546. The maximum Gasteiger partial charge on any atom is 0.230 e. The van der Waals surface area contributed by atoms with Gasteiger partial charge in [-0.2, -0.15) is 0 Å². The average molecular weight is 351 g/mol. The third-order valence-electron chi connectivity index (χ3n) is 4.59. The van der Waals surface area contributed by atoms with E-state index in [0.29, 0.717) is 5.75 Å². The van der Waals surface area contributed by atoms with Crippen LogP contribution < -0.4 is 10.1 Å². The second kappa shape index (κ2) is 10.6. The molecule has 1 heterocycles. The molecule has 0 saturated carbocycles. The Hall–Kier alpha value is -1.20. The molecule has 1 aliphatic heterocycles. The Balaban J connectivity index is 1.59. The van der Waals surface area contributed by atoms with E-state index >= 15 is 0 Å². The molecule has 1 atom stereocenters.